The summed E-state index contributed by atoms with van der Waals surface area (Å²) in [6, 6.07) is 5.27. The molecule has 2 aromatic heterocycles. The van der Waals surface area contributed by atoms with Crippen molar-refractivity contribution in [2.24, 2.45) is 0 Å². The van der Waals surface area contributed by atoms with E-state index in [0.717, 1.165) is 5.56 Å². The summed E-state index contributed by atoms with van der Waals surface area (Å²) >= 11 is 4.98. The number of hydrogen-bond donors (Lipinski definition) is 2. The summed E-state index contributed by atoms with van der Waals surface area (Å²) in [7, 11) is 0. The average Bonchev–Trinajstić information content (AvgIpc) is 2.33. The molecule has 0 radical (unpaired) electrons. The van der Waals surface area contributed by atoms with Crippen molar-refractivity contribution >= 4 is 12.2 Å². The Morgan fingerprint density at radius 1 is 1.41 bits per heavy atom. The summed E-state index contributed by atoms with van der Waals surface area (Å²) in [5.74, 6) is 0. The molecule has 0 spiro atoms. The molecular formula is C11H11N3O2S. The van der Waals surface area contributed by atoms with Crippen molar-refractivity contribution in [1.82, 2.24) is 14.5 Å². The fourth-order valence-electron chi connectivity index (χ4n) is 1.60. The van der Waals surface area contributed by atoms with Crippen LogP contribution in [0.15, 0.2) is 35.4 Å². The van der Waals surface area contributed by atoms with Gasteiger partial charge in [-0.2, -0.15) is 0 Å². The van der Waals surface area contributed by atoms with Gasteiger partial charge in [0.25, 0.3) is 0 Å². The van der Waals surface area contributed by atoms with Gasteiger partial charge in [0.1, 0.15) is 4.64 Å². The molecule has 0 bridgehead atoms. The Kier molecular flexibility index (Phi) is 3.46. The van der Waals surface area contributed by atoms with Gasteiger partial charge in [-0.1, -0.05) is 12.2 Å². The van der Waals surface area contributed by atoms with Crippen LogP contribution in [0.5, 0.6) is 0 Å². The molecule has 0 aliphatic heterocycles. The zero-order valence-electron chi connectivity index (χ0n) is 8.96. The Hall–Kier alpha value is -1.79. The van der Waals surface area contributed by atoms with E-state index in [-0.39, 0.29) is 18.8 Å². The number of pyridine rings is 1. The minimum absolute atomic E-state index is 0.109. The van der Waals surface area contributed by atoms with Crippen LogP contribution < -0.4 is 5.69 Å². The highest BCUT2D eigenvalue weighted by atomic mass is 32.1. The molecule has 2 aromatic rings. The monoisotopic (exact) mass is 249 g/mol. The van der Waals surface area contributed by atoms with Crippen LogP contribution in [-0.4, -0.2) is 26.2 Å². The lowest BCUT2D eigenvalue weighted by molar-refractivity contribution is 0.274. The first kappa shape index (κ1) is 11.7. The van der Waals surface area contributed by atoms with Crippen LogP contribution in [0.2, 0.25) is 0 Å². The van der Waals surface area contributed by atoms with Crippen LogP contribution >= 0.6 is 12.2 Å². The third-order valence-corrected chi connectivity index (χ3v) is 2.55. The maximum atomic E-state index is 11.7. The molecular weight excluding hydrogens is 238 g/mol. The maximum absolute atomic E-state index is 11.7. The second-order valence-electron chi connectivity index (χ2n) is 3.44. The third kappa shape index (κ3) is 2.48. The molecule has 2 rings (SSSR count). The number of aromatic amines is 1. The van der Waals surface area contributed by atoms with Crippen LogP contribution in [0.25, 0.3) is 11.3 Å². The molecule has 2 heterocycles. The van der Waals surface area contributed by atoms with E-state index >= 15 is 0 Å². The summed E-state index contributed by atoms with van der Waals surface area (Å²) in [4.78, 5) is 18.2. The number of hydrogen-bond acceptors (Lipinski definition) is 4. The summed E-state index contributed by atoms with van der Waals surface area (Å²) in [5, 5.41) is 8.97. The topological polar surface area (TPSA) is 70.9 Å². The molecule has 0 fully saturated rings. The number of aliphatic hydroxyl groups is 1. The molecule has 88 valence electrons. The van der Waals surface area contributed by atoms with Gasteiger partial charge in [-0.05, 0) is 18.2 Å². The molecule has 5 nitrogen and oxygen atoms in total. The fraction of sp³-hybridized carbons (Fsp3) is 0.182. The predicted molar refractivity (Wildman–Crippen MR) is 66.2 cm³/mol. The summed E-state index contributed by atoms with van der Waals surface area (Å²) in [6.07, 6.45) is 3.28. The van der Waals surface area contributed by atoms with Crippen LogP contribution in [0.3, 0.4) is 0 Å². The Bertz CT molecular complexity index is 619. The van der Waals surface area contributed by atoms with Gasteiger partial charge in [0, 0.05) is 18.0 Å². The van der Waals surface area contributed by atoms with Gasteiger partial charge in [0.2, 0.25) is 0 Å². The minimum Gasteiger partial charge on any atom is -0.395 e. The lowest BCUT2D eigenvalue weighted by Gasteiger charge is -2.10. The predicted octanol–water partition coefficient (Wildman–Crippen LogP) is 0.960. The molecule has 0 unspecified atom stereocenters. The van der Waals surface area contributed by atoms with Crippen molar-refractivity contribution in [3.05, 3.63) is 45.7 Å². The third-order valence-electron chi connectivity index (χ3n) is 2.33. The zero-order valence-corrected chi connectivity index (χ0v) is 9.78. The van der Waals surface area contributed by atoms with Gasteiger partial charge in [-0.15, -0.1) is 0 Å². The van der Waals surface area contributed by atoms with E-state index in [0.29, 0.717) is 10.3 Å². The van der Waals surface area contributed by atoms with Crippen LogP contribution in [0.1, 0.15) is 0 Å². The van der Waals surface area contributed by atoms with E-state index < -0.39 is 0 Å². The largest absolute Gasteiger partial charge is 0.395 e. The van der Waals surface area contributed by atoms with Crippen molar-refractivity contribution in [1.29, 1.82) is 0 Å². The average molecular weight is 249 g/mol. The van der Waals surface area contributed by atoms with Crippen LogP contribution in [-0.2, 0) is 6.54 Å². The highest BCUT2D eigenvalue weighted by Gasteiger charge is 2.06. The molecule has 17 heavy (non-hydrogen) atoms. The van der Waals surface area contributed by atoms with E-state index in [1.54, 1.807) is 30.6 Å². The molecule has 0 amide bonds. The number of nitrogens with zero attached hydrogens (tertiary/aromatic N) is 2. The van der Waals surface area contributed by atoms with Crippen molar-refractivity contribution in [2.75, 3.05) is 6.61 Å². The quantitative estimate of drug-likeness (QED) is 0.795. The molecule has 0 atom stereocenters. The highest BCUT2D eigenvalue weighted by Crippen LogP contribution is 2.16. The van der Waals surface area contributed by atoms with E-state index in [4.69, 9.17) is 17.3 Å². The lowest BCUT2D eigenvalue weighted by atomic mass is 10.2. The number of aromatic nitrogens is 3. The second kappa shape index (κ2) is 5.03. The molecule has 0 saturated heterocycles. The molecule has 0 aliphatic carbocycles. The summed E-state index contributed by atoms with van der Waals surface area (Å²) in [5.41, 5.74) is 1.19. The van der Waals surface area contributed by atoms with Gasteiger partial charge in [-0.3, -0.25) is 14.5 Å². The van der Waals surface area contributed by atoms with Gasteiger partial charge in [0.05, 0.1) is 18.8 Å². The molecule has 0 aromatic carbocycles. The SMILES string of the molecule is O=c1[nH]c(=S)cc(-c2ccncc2)n1CCO. The van der Waals surface area contributed by atoms with E-state index in [1.807, 2.05) is 0 Å². The first-order valence-electron chi connectivity index (χ1n) is 5.08. The van der Waals surface area contributed by atoms with Crippen molar-refractivity contribution in [3.63, 3.8) is 0 Å². The van der Waals surface area contributed by atoms with E-state index in [9.17, 15) is 4.79 Å². The van der Waals surface area contributed by atoms with Crippen LogP contribution in [0, 0.1) is 4.64 Å². The number of H-pyrrole nitrogens is 1. The molecule has 0 saturated carbocycles. The number of rotatable bonds is 3. The van der Waals surface area contributed by atoms with Crippen molar-refractivity contribution < 1.29 is 5.11 Å². The van der Waals surface area contributed by atoms with Gasteiger partial charge in [-0.25, -0.2) is 4.79 Å². The Balaban J connectivity index is 2.67. The molecule has 2 N–H and O–H groups in total. The van der Waals surface area contributed by atoms with Gasteiger partial charge in [0.15, 0.2) is 0 Å². The van der Waals surface area contributed by atoms with Gasteiger partial charge < -0.3 is 5.11 Å². The molecule has 6 heteroatoms. The summed E-state index contributed by atoms with van der Waals surface area (Å²) in [6.45, 7) is 0.116. The van der Waals surface area contributed by atoms with Crippen molar-refractivity contribution in [3.8, 4) is 11.3 Å². The highest BCUT2D eigenvalue weighted by molar-refractivity contribution is 7.71. The number of aliphatic hydroxyl groups excluding tert-OH is 1. The maximum Gasteiger partial charge on any atom is 0.327 e. The Morgan fingerprint density at radius 3 is 2.76 bits per heavy atom. The molecule has 0 aliphatic rings. The standard InChI is InChI=1S/C11H11N3O2S/c15-6-5-14-9(7-10(17)13-11(14)16)8-1-3-12-4-2-8/h1-4,7,15H,5-6H2,(H,13,16,17). The smallest absolute Gasteiger partial charge is 0.327 e. The minimum atomic E-state index is -0.321. The Labute approximate surface area is 102 Å². The number of nitrogens with one attached hydrogen (secondary N) is 1. The van der Waals surface area contributed by atoms with Crippen molar-refractivity contribution in [2.45, 2.75) is 6.54 Å². The van der Waals surface area contributed by atoms with E-state index in [2.05, 4.69) is 9.97 Å². The Morgan fingerprint density at radius 2 is 2.12 bits per heavy atom. The first-order valence-corrected chi connectivity index (χ1v) is 5.48. The normalized spacial score (nSPS) is 10.4. The lowest BCUT2D eigenvalue weighted by Crippen LogP contribution is -2.25. The first-order chi connectivity index (χ1) is 8.22. The fourth-order valence-corrected chi connectivity index (χ4v) is 1.80. The van der Waals surface area contributed by atoms with E-state index in [1.165, 1.54) is 4.57 Å². The second-order valence-corrected chi connectivity index (χ2v) is 3.87. The van der Waals surface area contributed by atoms with Crippen LogP contribution in [0.4, 0.5) is 0 Å². The zero-order chi connectivity index (χ0) is 12.3. The van der Waals surface area contributed by atoms with Gasteiger partial charge >= 0.3 is 5.69 Å². The summed E-state index contributed by atoms with van der Waals surface area (Å²) < 4.78 is 1.82.